The first-order valence-corrected chi connectivity index (χ1v) is 9.04. The molecule has 0 amide bonds. The zero-order chi connectivity index (χ0) is 20.6. The van der Waals surface area contributed by atoms with Gasteiger partial charge in [0, 0.05) is 42.8 Å². The number of rotatable bonds is 4. The highest BCUT2D eigenvalue weighted by atomic mass is 16.5. The monoisotopic (exact) mass is 389 g/mol. The standard InChI is InChI=1S/C18H19N3O2.C4H4N2/c1-11-20-16-9-12(5-7-14(16)18(19-2)21-11)15-10-13(22-3)6-8-17(15)23-4;1-2-6-4-3-5-1/h5-10H,1-4H3,(H,19,20,21);1-4H. The molecule has 7 heteroatoms. The van der Waals surface area contributed by atoms with E-state index in [1.165, 1.54) is 0 Å². The van der Waals surface area contributed by atoms with Gasteiger partial charge >= 0.3 is 0 Å². The number of hydrogen-bond acceptors (Lipinski definition) is 7. The van der Waals surface area contributed by atoms with E-state index >= 15 is 0 Å². The Morgan fingerprint density at radius 1 is 0.828 bits per heavy atom. The van der Waals surface area contributed by atoms with Crippen molar-refractivity contribution in [2.75, 3.05) is 26.6 Å². The van der Waals surface area contributed by atoms with Crippen molar-refractivity contribution in [3.63, 3.8) is 0 Å². The number of methoxy groups -OCH3 is 2. The minimum absolute atomic E-state index is 0.733. The molecule has 0 aliphatic heterocycles. The zero-order valence-electron chi connectivity index (χ0n) is 16.9. The number of nitrogens with zero attached hydrogens (tertiary/aromatic N) is 4. The molecular formula is C22H23N5O2. The van der Waals surface area contributed by atoms with Crippen molar-refractivity contribution in [1.29, 1.82) is 0 Å². The van der Waals surface area contributed by atoms with Gasteiger partial charge in [-0.15, -0.1) is 0 Å². The van der Waals surface area contributed by atoms with E-state index < -0.39 is 0 Å². The van der Waals surface area contributed by atoms with E-state index in [1.807, 2.05) is 50.4 Å². The minimum atomic E-state index is 0.733. The van der Waals surface area contributed by atoms with Crippen molar-refractivity contribution >= 4 is 16.7 Å². The third kappa shape index (κ3) is 4.76. The lowest BCUT2D eigenvalue weighted by Gasteiger charge is -2.12. The van der Waals surface area contributed by atoms with Crippen LogP contribution in [0.1, 0.15) is 5.82 Å². The zero-order valence-corrected chi connectivity index (χ0v) is 16.9. The molecule has 148 valence electrons. The molecule has 1 N–H and O–H groups in total. The van der Waals surface area contributed by atoms with Gasteiger partial charge in [0.15, 0.2) is 0 Å². The Hall–Kier alpha value is -3.74. The molecule has 4 rings (SSSR count). The summed E-state index contributed by atoms with van der Waals surface area (Å²) in [6.45, 7) is 1.89. The summed E-state index contributed by atoms with van der Waals surface area (Å²) in [6, 6.07) is 11.9. The number of ether oxygens (including phenoxy) is 2. The first-order chi connectivity index (χ1) is 14.2. The molecule has 4 aromatic rings. The van der Waals surface area contributed by atoms with Crippen LogP contribution >= 0.6 is 0 Å². The maximum Gasteiger partial charge on any atom is 0.137 e. The molecule has 0 atom stereocenters. The summed E-state index contributed by atoms with van der Waals surface area (Å²) < 4.78 is 10.8. The highest BCUT2D eigenvalue weighted by Gasteiger charge is 2.11. The van der Waals surface area contributed by atoms with Gasteiger partial charge in [0.2, 0.25) is 0 Å². The molecule has 0 unspecified atom stereocenters. The van der Waals surface area contributed by atoms with Crippen molar-refractivity contribution in [2.45, 2.75) is 6.92 Å². The first-order valence-electron chi connectivity index (χ1n) is 9.04. The number of benzene rings is 2. The Bertz CT molecular complexity index is 1060. The van der Waals surface area contributed by atoms with Gasteiger partial charge in [-0.2, -0.15) is 0 Å². The average Bonchev–Trinajstić information content (AvgIpc) is 2.79. The fourth-order valence-corrected chi connectivity index (χ4v) is 2.90. The molecule has 0 radical (unpaired) electrons. The third-order valence-electron chi connectivity index (χ3n) is 4.24. The Balaban J connectivity index is 0.000000343. The van der Waals surface area contributed by atoms with E-state index in [2.05, 4.69) is 25.3 Å². The Morgan fingerprint density at radius 3 is 2.14 bits per heavy atom. The molecular weight excluding hydrogens is 366 g/mol. The predicted octanol–water partition coefficient (Wildman–Crippen LogP) is 4.14. The second-order valence-corrected chi connectivity index (χ2v) is 6.06. The van der Waals surface area contributed by atoms with Gasteiger partial charge in [0.25, 0.3) is 0 Å². The lowest BCUT2D eigenvalue weighted by Crippen LogP contribution is -1.98. The summed E-state index contributed by atoms with van der Waals surface area (Å²) in [5.74, 6) is 3.15. The molecule has 0 aliphatic carbocycles. The van der Waals surface area contributed by atoms with E-state index in [4.69, 9.17) is 9.47 Å². The van der Waals surface area contributed by atoms with Crippen LogP contribution in [-0.4, -0.2) is 41.2 Å². The van der Waals surface area contributed by atoms with Gasteiger partial charge in [-0.3, -0.25) is 9.97 Å². The van der Waals surface area contributed by atoms with Crippen LogP contribution in [0, 0.1) is 6.92 Å². The van der Waals surface area contributed by atoms with Crippen molar-refractivity contribution in [3.05, 3.63) is 67.0 Å². The summed E-state index contributed by atoms with van der Waals surface area (Å²) in [5, 5.41) is 4.10. The van der Waals surface area contributed by atoms with Crippen LogP contribution in [0.3, 0.4) is 0 Å². The van der Waals surface area contributed by atoms with Gasteiger partial charge < -0.3 is 14.8 Å². The van der Waals surface area contributed by atoms with Crippen LogP contribution in [-0.2, 0) is 0 Å². The molecule has 0 saturated carbocycles. The normalized spacial score (nSPS) is 10.1. The summed E-state index contributed by atoms with van der Waals surface area (Å²) in [7, 11) is 5.18. The fourth-order valence-electron chi connectivity index (χ4n) is 2.90. The van der Waals surface area contributed by atoms with Crippen LogP contribution in [0.25, 0.3) is 22.0 Å². The molecule has 0 aliphatic rings. The van der Waals surface area contributed by atoms with E-state index in [-0.39, 0.29) is 0 Å². The first kappa shape index (κ1) is 20.0. The summed E-state index contributed by atoms with van der Waals surface area (Å²) >= 11 is 0. The van der Waals surface area contributed by atoms with E-state index in [9.17, 15) is 0 Å². The smallest absolute Gasteiger partial charge is 0.137 e. The molecule has 0 spiro atoms. The quantitative estimate of drug-likeness (QED) is 0.562. The second-order valence-electron chi connectivity index (χ2n) is 6.06. The average molecular weight is 389 g/mol. The summed E-state index contributed by atoms with van der Waals surface area (Å²) in [4.78, 5) is 16.4. The SMILES string of the molecule is CNc1nc(C)nc2cc(-c3cc(OC)ccc3OC)ccc12.c1cnccn1. The van der Waals surface area contributed by atoms with Crippen LogP contribution < -0.4 is 14.8 Å². The van der Waals surface area contributed by atoms with Gasteiger partial charge in [-0.25, -0.2) is 9.97 Å². The number of anilines is 1. The van der Waals surface area contributed by atoms with Crippen LogP contribution in [0.2, 0.25) is 0 Å². The Kier molecular flexibility index (Phi) is 6.52. The van der Waals surface area contributed by atoms with Gasteiger partial charge in [0.05, 0.1) is 19.7 Å². The predicted molar refractivity (Wildman–Crippen MR) is 114 cm³/mol. The molecule has 7 nitrogen and oxygen atoms in total. The number of aryl methyl sites for hydroxylation is 1. The largest absolute Gasteiger partial charge is 0.497 e. The topological polar surface area (TPSA) is 82.1 Å². The number of nitrogens with one attached hydrogen (secondary N) is 1. The molecule has 2 aromatic heterocycles. The van der Waals surface area contributed by atoms with Crippen molar-refractivity contribution in [3.8, 4) is 22.6 Å². The molecule has 29 heavy (non-hydrogen) atoms. The van der Waals surface area contributed by atoms with Gasteiger partial charge in [0.1, 0.15) is 23.1 Å². The Morgan fingerprint density at radius 2 is 1.55 bits per heavy atom. The van der Waals surface area contributed by atoms with E-state index in [0.29, 0.717) is 0 Å². The molecule has 2 heterocycles. The molecule has 0 bridgehead atoms. The summed E-state index contributed by atoms with van der Waals surface area (Å²) in [6.07, 6.45) is 6.56. The minimum Gasteiger partial charge on any atom is -0.497 e. The fraction of sp³-hybridized carbons (Fsp3) is 0.182. The maximum absolute atomic E-state index is 5.48. The molecule has 0 fully saturated rings. The molecule has 2 aromatic carbocycles. The number of aromatic nitrogens is 4. The Labute approximate surface area is 169 Å². The highest BCUT2D eigenvalue weighted by Crippen LogP contribution is 2.35. The van der Waals surface area contributed by atoms with Crippen LogP contribution in [0.15, 0.2) is 61.2 Å². The van der Waals surface area contributed by atoms with Crippen molar-refractivity contribution < 1.29 is 9.47 Å². The van der Waals surface area contributed by atoms with Crippen molar-refractivity contribution in [1.82, 2.24) is 19.9 Å². The van der Waals surface area contributed by atoms with Gasteiger partial charge in [-0.05, 0) is 42.8 Å². The second kappa shape index (κ2) is 9.45. The van der Waals surface area contributed by atoms with Crippen molar-refractivity contribution in [2.24, 2.45) is 0 Å². The maximum atomic E-state index is 5.48. The number of hydrogen-bond donors (Lipinski definition) is 1. The highest BCUT2D eigenvalue weighted by molar-refractivity contribution is 5.92. The third-order valence-corrected chi connectivity index (χ3v) is 4.24. The lowest BCUT2D eigenvalue weighted by atomic mass is 10.0. The number of fused-ring (bicyclic) bond motifs is 1. The van der Waals surface area contributed by atoms with E-state index in [1.54, 1.807) is 39.0 Å². The summed E-state index contributed by atoms with van der Waals surface area (Å²) in [5.41, 5.74) is 2.88. The van der Waals surface area contributed by atoms with Crippen LogP contribution in [0.4, 0.5) is 5.82 Å². The van der Waals surface area contributed by atoms with Crippen LogP contribution in [0.5, 0.6) is 11.5 Å². The van der Waals surface area contributed by atoms with Gasteiger partial charge in [-0.1, -0.05) is 6.07 Å². The van der Waals surface area contributed by atoms with E-state index in [0.717, 1.165) is 45.2 Å². The molecule has 0 saturated heterocycles. The lowest BCUT2D eigenvalue weighted by molar-refractivity contribution is 0.404.